The van der Waals surface area contributed by atoms with Crippen LogP contribution in [0.1, 0.15) is 10.4 Å². The van der Waals surface area contributed by atoms with Gasteiger partial charge in [-0.1, -0.05) is 23.2 Å². The number of carbonyl (C=O) groups excluding carboxylic acids is 1. The molecule has 1 aromatic rings. The molecule has 0 aliphatic carbocycles. The van der Waals surface area contributed by atoms with Crippen LogP contribution in [0.5, 0.6) is 5.75 Å². The smallest absolute Gasteiger partial charge is 0.256 e. The van der Waals surface area contributed by atoms with E-state index in [4.69, 9.17) is 34.8 Å². The van der Waals surface area contributed by atoms with Gasteiger partial charge in [0, 0.05) is 0 Å². The van der Waals surface area contributed by atoms with Crippen LogP contribution in [0.4, 0.5) is 0 Å². The molecule has 64 valence electrons. The van der Waals surface area contributed by atoms with E-state index in [0.29, 0.717) is 0 Å². The third-order valence-electron chi connectivity index (χ3n) is 1.28. The molecule has 12 heavy (non-hydrogen) atoms. The van der Waals surface area contributed by atoms with E-state index in [1.165, 1.54) is 12.1 Å². The first-order chi connectivity index (χ1) is 5.54. The zero-order valence-electron chi connectivity index (χ0n) is 5.64. The Morgan fingerprint density at radius 3 is 2.42 bits per heavy atom. The number of aromatic hydroxyl groups is 1. The molecule has 0 amide bonds. The molecule has 0 aliphatic heterocycles. The second-order valence-corrected chi connectivity index (χ2v) is 3.16. The van der Waals surface area contributed by atoms with Gasteiger partial charge in [0.1, 0.15) is 10.8 Å². The van der Waals surface area contributed by atoms with E-state index >= 15 is 0 Å². The van der Waals surface area contributed by atoms with E-state index in [-0.39, 0.29) is 21.4 Å². The number of carbonyl (C=O) groups is 1. The lowest BCUT2D eigenvalue weighted by Crippen LogP contribution is -1.89. The molecule has 0 heterocycles. The number of phenolic OH excluding ortho intramolecular Hbond substituents is 1. The standard InChI is InChI=1S/C7H3Cl3O2/c8-4-2-1-3(7(10)12)6(11)5(4)9/h1-2,11H. The fourth-order valence-corrected chi connectivity index (χ4v) is 1.17. The molecule has 0 saturated carbocycles. The first kappa shape index (κ1) is 9.65. The van der Waals surface area contributed by atoms with Gasteiger partial charge in [0.2, 0.25) is 0 Å². The third-order valence-corrected chi connectivity index (χ3v) is 2.28. The normalized spacial score (nSPS) is 9.92. The highest BCUT2D eigenvalue weighted by Gasteiger charge is 2.13. The molecule has 0 aromatic heterocycles. The molecule has 1 rings (SSSR count). The average Bonchev–Trinajstić information content (AvgIpc) is 2.00. The van der Waals surface area contributed by atoms with Gasteiger partial charge in [-0.2, -0.15) is 0 Å². The second kappa shape index (κ2) is 3.52. The Labute approximate surface area is 83.7 Å². The first-order valence-corrected chi connectivity index (χ1v) is 4.04. The van der Waals surface area contributed by atoms with Crippen LogP contribution in [0.15, 0.2) is 12.1 Å². The number of rotatable bonds is 1. The summed E-state index contributed by atoms with van der Waals surface area (Å²) in [5.74, 6) is -0.385. The van der Waals surface area contributed by atoms with Gasteiger partial charge in [0.25, 0.3) is 5.24 Å². The fourth-order valence-electron chi connectivity index (χ4n) is 0.699. The van der Waals surface area contributed by atoms with E-state index in [0.717, 1.165) is 0 Å². The van der Waals surface area contributed by atoms with Gasteiger partial charge in [0.05, 0.1) is 10.6 Å². The third kappa shape index (κ3) is 1.66. The number of hydrogen-bond acceptors (Lipinski definition) is 2. The minimum Gasteiger partial charge on any atom is -0.506 e. The van der Waals surface area contributed by atoms with Crippen LogP contribution in [0, 0.1) is 0 Å². The van der Waals surface area contributed by atoms with Crippen molar-refractivity contribution in [1.29, 1.82) is 0 Å². The van der Waals surface area contributed by atoms with Crippen molar-refractivity contribution in [2.45, 2.75) is 0 Å². The van der Waals surface area contributed by atoms with Gasteiger partial charge in [-0.25, -0.2) is 0 Å². The van der Waals surface area contributed by atoms with Crippen molar-refractivity contribution in [2.75, 3.05) is 0 Å². The largest absolute Gasteiger partial charge is 0.506 e. The number of halogens is 3. The summed E-state index contributed by atoms with van der Waals surface area (Å²) in [5.41, 5.74) is -0.0499. The summed E-state index contributed by atoms with van der Waals surface area (Å²) in [6, 6.07) is 2.69. The van der Waals surface area contributed by atoms with Crippen LogP contribution < -0.4 is 0 Å². The minimum absolute atomic E-state index is 0.0499. The van der Waals surface area contributed by atoms with Crippen molar-refractivity contribution in [3.05, 3.63) is 27.7 Å². The number of hydrogen-bond donors (Lipinski definition) is 1. The summed E-state index contributed by atoms with van der Waals surface area (Å²) in [4.78, 5) is 10.6. The van der Waals surface area contributed by atoms with Crippen LogP contribution in [0.2, 0.25) is 10.0 Å². The summed E-state index contributed by atoms with van der Waals surface area (Å²) in [6.07, 6.45) is 0. The van der Waals surface area contributed by atoms with Crippen LogP contribution in [-0.2, 0) is 0 Å². The first-order valence-electron chi connectivity index (χ1n) is 2.91. The van der Waals surface area contributed by atoms with Gasteiger partial charge in [-0.05, 0) is 23.7 Å². The Balaban J connectivity index is 3.36. The lowest BCUT2D eigenvalue weighted by atomic mass is 10.2. The van der Waals surface area contributed by atoms with Crippen molar-refractivity contribution in [3.63, 3.8) is 0 Å². The van der Waals surface area contributed by atoms with Crippen LogP contribution in [-0.4, -0.2) is 10.3 Å². The predicted molar refractivity (Wildman–Crippen MR) is 48.3 cm³/mol. The Kier molecular flexibility index (Phi) is 2.83. The van der Waals surface area contributed by atoms with Gasteiger partial charge in [0.15, 0.2) is 0 Å². The van der Waals surface area contributed by atoms with Crippen LogP contribution in [0.3, 0.4) is 0 Å². The Bertz CT molecular complexity index is 336. The van der Waals surface area contributed by atoms with Gasteiger partial charge in [-0.15, -0.1) is 0 Å². The summed E-state index contributed by atoms with van der Waals surface area (Å²) < 4.78 is 0. The second-order valence-electron chi connectivity index (χ2n) is 2.03. The molecule has 0 fully saturated rings. The quantitative estimate of drug-likeness (QED) is 0.746. The van der Waals surface area contributed by atoms with Gasteiger partial charge in [-0.3, -0.25) is 4.79 Å². The highest BCUT2D eigenvalue weighted by molar-refractivity contribution is 6.68. The van der Waals surface area contributed by atoms with Crippen LogP contribution in [0.25, 0.3) is 0 Å². The molecular weight excluding hydrogens is 222 g/mol. The van der Waals surface area contributed by atoms with E-state index in [9.17, 15) is 9.90 Å². The molecular formula is C7H3Cl3O2. The maximum Gasteiger partial charge on any atom is 0.256 e. The number of phenols is 1. The number of benzene rings is 1. The van der Waals surface area contributed by atoms with Gasteiger partial charge >= 0.3 is 0 Å². The lowest BCUT2D eigenvalue weighted by Gasteiger charge is -2.02. The maximum absolute atomic E-state index is 10.6. The zero-order chi connectivity index (χ0) is 9.30. The zero-order valence-corrected chi connectivity index (χ0v) is 7.91. The molecule has 0 aliphatic rings. The van der Waals surface area contributed by atoms with Crippen LogP contribution >= 0.6 is 34.8 Å². The molecule has 0 spiro atoms. The highest BCUT2D eigenvalue weighted by atomic mass is 35.5. The molecule has 1 N–H and O–H groups in total. The summed E-state index contributed by atoms with van der Waals surface area (Å²) >= 11 is 16.2. The Hall–Kier alpha value is -0.440. The van der Waals surface area contributed by atoms with E-state index < -0.39 is 5.24 Å². The topological polar surface area (TPSA) is 37.3 Å². The molecule has 0 saturated heterocycles. The molecule has 0 radical (unpaired) electrons. The van der Waals surface area contributed by atoms with Crippen molar-refractivity contribution in [1.82, 2.24) is 0 Å². The molecule has 0 unspecified atom stereocenters. The van der Waals surface area contributed by atoms with Crippen molar-refractivity contribution < 1.29 is 9.90 Å². The predicted octanol–water partition coefficient (Wildman–Crippen LogP) is 3.08. The summed E-state index contributed by atoms with van der Waals surface area (Å²) in [7, 11) is 0. The van der Waals surface area contributed by atoms with Gasteiger partial charge < -0.3 is 5.11 Å². The van der Waals surface area contributed by atoms with Crippen molar-refractivity contribution in [3.8, 4) is 5.75 Å². The Morgan fingerprint density at radius 1 is 1.33 bits per heavy atom. The molecule has 2 nitrogen and oxygen atoms in total. The van der Waals surface area contributed by atoms with Crippen molar-refractivity contribution in [2.24, 2.45) is 0 Å². The van der Waals surface area contributed by atoms with E-state index in [1.807, 2.05) is 0 Å². The monoisotopic (exact) mass is 224 g/mol. The molecule has 1 aromatic carbocycles. The van der Waals surface area contributed by atoms with Crippen molar-refractivity contribution >= 4 is 40.0 Å². The van der Waals surface area contributed by atoms with E-state index in [1.54, 1.807) is 0 Å². The highest BCUT2D eigenvalue weighted by Crippen LogP contribution is 2.34. The van der Waals surface area contributed by atoms with E-state index in [2.05, 4.69) is 0 Å². The molecule has 0 atom stereocenters. The summed E-state index contributed by atoms with van der Waals surface area (Å²) in [5, 5.41) is 8.57. The SMILES string of the molecule is O=C(Cl)c1ccc(Cl)c(Cl)c1O. The minimum atomic E-state index is -0.772. The lowest BCUT2D eigenvalue weighted by molar-refractivity contribution is 0.107. The summed E-state index contributed by atoms with van der Waals surface area (Å²) in [6.45, 7) is 0. The fraction of sp³-hybridized carbons (Fsp3) is 0. The maximum atomic E-state index is 10.6. The molecule has 0 bridgehead atoms. The Morgan fingerprint density at radius 2 is 1.92 bits per heavy atom. The molecule has 5 heteroatoms. The average molecular weight is 225 g/mol.